The van der Waals surface area contributed by atoms with Gasteiger partial charge in [-0.3, -0.25) is 0 Å². The lowest BCUT2D eigenvalue weighted by molar-refractivity contribution is -0.139. The lowest BCUT2D eigenvalue weighted by atomic mass is 9.95. The van der Waals surface area contributed by atoms with Gasteiger partial charge in [0.2, 0.25) is 11.1 Å². The summed E-state index contributed by atoms with van der Waals surface area (Å²) in [7, 11) is 3.18. The zero-order valence-corrected chi connectivity index (χ0v) is 19.5. The predicted octanol–water partition coefficient (Wildman–Crippen LogP) is 4.43. The highest BCUT2D eigenvalue weighted by Gasteiger charge is 2.35. The second-order valence-corrected chi connectivity index (χ2v) is 8.18. The van der Waals surface area contributed by atoms with Crippen LogP contribution in [0.4, 0.5) is 5.95 Å². The molecule has 0 radical (unpaired) electrons. The van der Waals surface area contributed by atoms with Crippen molar-refractivity contribution in [1.29, 1.82) is 0 Å². The smallest absolute Gasteiger partial charge is 0.338 e. The van der Waals surface area contributed by atoms with E-state index in [1.165, 1.54) is 12.8 Å². The van der Waals surface area contributed by atoms with Crippen LogP contribution in [0.5, 0.6) is 11.5 Å². The monoisotopic (exact) mass is 446 g/mol. The number of aromatic nitrogens is 3. The first-order chi connectivity index (χ1) is 15.0. The van der Waals surface area contributed by atoms with Gasteiger partial charge in [-0.05, 0) is 38.0 Å². The molecule has 9 heteroatoms. The van der Waals surface area contributed by atoms with Crippen LogP contribution in [0.2, 0.25) is 0 Å². The van der Waals surface area contributed by atoms with E-state index in [1.54, 1.807) is 37.6 Å². The van der Waals surface area contributed by atoms with Crippen molar-refractivity contribution in [2.45, 2.75) is 51.2 Å². The fourth-order valence-corrected chi connectivity index (χ4v) is 4.34. The van der Waals surface area contributed by atoms with E-state index in [1.807, 2.05) is 25.1 Å². The Labute approximate surface area is 187 Å². The fraction of sp³-hybridized carbons (Fsp3) is 0.500. The van der Waals surface area contributed by atoms with Gasteiger partial charge >= 0.3 is 5.97 Å². The number of carbonyl (C=O) groups is 1. The van der Waals surface area contributed by atoms with Gasteiger partial charge in [0.05, 0.1) is 26.4 Å². The highest BCUT2D eigenvalue weighted by Crippen LogP contribution is 2.39. The number of thioether (sulfide) groups is 1. The minimum Gasteiger partial charge on any atom is -0.493 e. The number of ether oxygens (including phenoxy) is 3. The number of allylic oxidation sites excluding steroid dienone is 1. The van der Waals surface area contributed by atoms with E-state index in [0.717, 1.165) is 17.7 Å². The first-order valence-electron chi connectivity index (χ1n) is 10.5. The maximum atomic E-state index is 12.9. The average molecular weight is 447 g/mol. The molecule has 8 nitrogen and oxygen atoms in total. The first-order valence-corrected chi connectivity index (χ1v) is 11.5. The Bertz CT molecular complexity index is 957. The predicted molar refractivity (Wildman–Crippen MR) is 121 cm³/mol. The van der Waals surface area contributed by atoms with Gasteiger partial charge in [-0.2, -0.15) is 4.98 Å². The van der Waals surface area contributed by atoms with Crippen LogP contribution in [0.15, 0.2) is 34.6 Å². The normalized spacial score (nSPS) is 15.3. The van der Waals surface area contributed by atoms with Gasteiger partial charge in [0.15, 0.2) is 11.5 Å². The quantitative estimate of drug-likeness (QED) is 0.326. The van der Waals surface area contributed by atoms with Gasteiger partial charge in [-0.1, -0.05) is 37.6 Å². The fourth-order valence-electron chi connectivity index (χ4n) is 3.51. The Morgan fingerprint density at radius 1 is 1.19 bits per heavy atom. The zero-order valence-electron chi connectivity index (χ0n) is 18.7. The van der Waals surface area contributed by atoms with Crippen LogP contribution in [-0.4, -0.2) is 47.3 Å². The van der Waals surface area contributed by atoms with E-state index in [4.69, 9.17) is 19.3 Å². The third-order valence-electron chi connectivity index (χ3n) is 5.03. The first kappa shape index (κ1) is 23.0. The molecule has 0 bridgehead atoms. The van der Waals surface area contributed by atoms with Gasteiger partial charge in [-0.25, -0.2) is 9.48 Å². The summed E-state index contributed by atoms with van der Waals surface area (Å²) >= 11 is 1.62. The van der Waals surface area contributed by atoms with Crippen molar-refractivity contribution in [3.63, 3.8) is 0 Å². The molecule has 168 valence electrons. The molecule has 1 atom stereocenters. The third-order valence-corrected chi connectivity index (χ3v) is 5.95. The molecule has 0 saturated heterocycles. The van der Waals surface area contributed by atoms with Crippen molar-refractivity contribution in [1.82, 2.24) is 14.8 Å². The molecule has 0 saturated carbocycles. The molecule has 1 aliphatic heterocycles. The molecule has 2 aromatic rings. The van der Waals surface area contributed by atoms with Crippen molar-refractivity contribution in [3.05, 3.63) is 35.0 Å². The van der Waals surface area contributed by atoms with Crippen LogP contribution in [0.3, 0.4) is 0 Å². The number of anilines is 1. The van der Waals surface area contributed by atoms with E-state index < -0.39 is 6.04 Å². The summed E-state index contributed by atoms with van der Waals surface area (Å²) in [5.74, 6) is 2.36. The number of rotatable bonds is 10. The van der Waals surface area contributed by atoms with Crippen molar-refractivity contribution in [3.8, 4) is 11.5 Å². The summed E-state index contributed by atoms with van der Waals surface area (Å²) in [5, 5.41) is 8.63. The number of methoxy groups -OCH3 is 2. The van der Waals surface area contributed by atoms with Gasteiger partial charge in [-0.15, -0.1) is 5.10 Å². The summed E-state index contributed by atoms with van der Waals surface area (Å²) in [6, 6.07) is 5.10. The van der Waals surface area contributed by atoms with E-state index in [-0.39, 0.29) is 12.6 Å². The summed E-state index contributed by atoms with van der Waals surface area (Å²) in [5.41, 5.74) is 2.02. The number of carbonyl (C=O) groups excluding carboxylic acids is 1. The highest BCUT2D eigenvalue weighted by atomic mass is 32.2. The van der Waals surface area contributed by atoms with Crippen LogP contribution in [0.25, 0.3) is 0 Å². The molecule has 0 aliphatic carbocycles. The van der Waals surface area contributed by atoms with Gasteiger partial charge in [0.1, 0.15) is 6.04 Å². The molecule has 0 unspecified atom stereocenters. The molecule has 1 aromatic heterocycles. The van der Waals surface area contributed by atoms with E-state index >= 15 is 0 Å². The van der Waals surface area contributed by atoms with Crippen LogP contribution in [-0.2, 0) is 9.53 Å². The lowest BCUT2D eigenvalue weighted by Crippen LogP contribution is -2.29. The van der Waals surface area contributed by atoms with Gasteiger partial charge in [0.25, 0.3) is 0 Å². The van der Waals surface area contributed by atoms with E-state index in [2.05, 4.69) is 17.2 Å². The Kier molecular flexibility index (Phi) is 7.84. The number of hydrogen-bond donors (Lipinski definition) is 1. The van der Waals surface area contributed by atoms with Gasteiger partial charge in [0, 0.05) is 11.4 Å². The second-order valence-electron chi connectivity index (χ2n) is 7.12. The van der Waals surface area contributed by atoms with Crippen LogP contribution in [0.1, 0.15) is 51.6 Å². The summed E-state index contributed by atoms with van der Waals surface area (Å²) < 4.78 is 18.0. The lowest BCUT2D eigenvalue weighted by Gasteiger charge is -2.28. The van der Waals surface area contributed by atoms with Crippen LogP contribution >= 0.6 is 11.8 Å². The molecule has 2 heterocycles. The Morgan fingerprint density at radius 2 is 1.97 bits per heavy atom. The number of nitrogens with zero attached hydrogens (tertiary/aromatic N) is 3. The standard InChI is InChI=1S/C22H30N4O4S/c1-6-8-9-12-31-22-24-21-23-14(3)18(20(27)30-7-2)19(26(21)25-22)15-10-11-16(28-4)17(13-15)29-5/h10-11,13,19H,6-9,12H2,1-5H3,(H,23,24,25)/t19-/m1/s1. The summed E-state index contributed by atoms with van der Waals surface area (Å²) in [6.45, 7) is 6.12. The van der Waals surface area contributed by atoms with Crippen LogP contribution in [0, 0.1) is 0 Å². The maximum Gasteiger partial charge on any atom is 0.338 e. The molecular weight excluding hydrogens is 416 g/mol. The maximum absolute atomic E-state index is 12.9. The number of esters is 1. The highest BCUT2D eigenvalue weighted by molar-refractivity contribution is 7.99. The third kappa shape index (κ3) is 4.98. The van der Waals surface area contributed by atoms with E-state index in [0.29, 0.717) is 33.9 Å². The second kappa shape index (κ2) is 10.6. The summed E-state index contributed by atoms with van der Waals surface area (Å²) in [4.78, 5) is 17.5. The molecule has 1 N–H and O–H groups in total. The van der Waals surface area contributed by atoms with Crippen molar-refractivity contribution < 1.29 is 19.0 Å². The molecule has 1 aliphatic rings. The molecule has 1 aromatic carbocycles. The number of hydrogen-bond acceptors (Lipinski definition) is 8. The van der Waals surface area contributed by atoms with Crippen molar-refractivity contribution >= 4 is 23.7 Å². The average Bonchev–Trinajstić information content (AvgIpc) is 3.17. The number of nitrogens with one attached hydrogen (secondary N) is 1. The Balaban J connectivity index is 2.04. The molecule has 0 spiro atoms. The van der Waals surface area contributed by atoms with E-state index in [9.17, 15) is 4.79 Å². The molecule has 0 amide bonds. The number of benzene rings is 1. The van der Waals surface area contributed by atoms with Crippen molar-refractivity contribution in [2.75, 3.05) is 31.9 Å². The number of fused-ring (bicyclic) bond motifs is 1. The number of unbranched alkanes of at least 4 members (excludes halogenated alkanes) is 2. The minimum absolute atomic E-state index is 0.289. The summed E-state index contributed by atoms with van der Waals surface area (Å²) in [6.07, 6.45) is 3.46. The molecule has 0 fully saturated rings. The zero-order chi connectivity index (χ0) is 22.4. The SMILES string of the molecule is CCCCCSc1nc2n(n1)[C@H](c1ccc(OC)c(OC)c1)C(C(=O)OCC)=C(C)N2. The Hall–Kier alpha value is -2.68. The van der Waals surface area contributed by atoms with Crippen LogP contribution < -0.4 is 14.8 Å². The minimum atomic E-state index is -0.493. The largest absolute Gasteiger partial charge is 0.493 e. The Morgan fingerprint density at radius 3 is 2.65 bits per heavy atom. The topological polar surface area (TPSA) is 87.5 Å². The molecule has 31 heavy (non-hydrogen) atoms. The molecular formula is C22H30N4O4S. The van der Waals surface area contributed by atoms with Crippen molar-refractivity contribution in [2.24, 2.45) is 0 Å². The molecule has 3 rings (SSSR count). The van der Waals surface area contributed by atoms with Gasteiger partial charge < -0.3 is 19.5 Å².